The minimum atomic E-state index is -0.521. The summed E-state index contributed by atoms with van der Waals surface area (Å²) < 4.78 is 14.1. The number of nitrogens with zero attached hydrogens (tertiary/aromatic N) is 2. The van der Waals surface area contributed by atoms with Crippen molar-refractivity contribution in [3.63, 3.8) is 0 Å². The molecule has 23 heavy (non-hydrogen) atoms. The second-order valence-corrected chi connectivity index (χ2v) is 5.51. The van der Waals surface area contributed by atoms with Gasteiger partial charge in [-0.3, -0.25) is 0 Å². The lowest BCUT2D eigenvalue weighted by Crippen LogP contribution is -2.34. The van der Waals surface area contributed by atoms with Crippen molar-refractivity contribution in [1.82, 2.24) is 0 Å². The third kappa shape index (κ3) is 2.98. The number of guanidine groups is 1. The first-order valence-corrected chi connectivity index (χ1v) is 7.45. The average Bonchev–Trinajstić information content (AvgIpc) is 2.57. The van der Waals surface area contributed by atoms with E-state index in [4.69, 9.17) is 17.3 Å². The molecule has 0 saturated carbocycles. The van der Waals surface area contributed by atoms with Gasteiger partial charge in [-0.2, -0.15) is 0 Å². The van der Waals surface area contributed by atoms with Crippen LogP contribution in [0.1, 0.15) is 0 Å². The van der Waals surface area contributed by atoms with Gasteiger partial charge in [0, 0.05) is 12.4 Å². The van der Waals surface area contributed by atoms with Crippen molar-refractivity contribution in [2.45, 2.75) is 0 Å². The van der Waals surface area contributed by atoms with Gasteiger partial charge in [0.15, 0.2) is 5.82 Å². The van der Waals surface area contributed by atoms with Crippen LogP contribution in [0.3, 0.4) is 0 Å². The van der Waals surface area contributed by atoms with Crippen molar-refractivity contribution in [3.8, 4) is 0 Å². The molecule has 3 aromatic carbocycles. The molecule has 5 heteroatoms. The van der Waals surface area contributed by atoms with Crippen LogP contribution >= 0.6 is 11.6 Å². The number of aliphatic imine (C=N–C) groups is 1. The second-order valence-electron chi connectivity index (χ2n) is 5.10. The van der Waals surface area contributed by atoms with E-state index in [0.29, 0.717) is 0 Å². The monoisotopic (exact) mass is 327 g/mol. The van der Waals surface area contributed by atoms with E-state index in [9.17, 15) is 4.39 Å². The van der Waals surface area contributed by atoms with Crippen molar-refractivity contribution in [2.24, 2.45) is 10.7 Å². The Morgan fingerprint density at radius 2 is 1.74 bits per heavy atom. The largest absolute Gasteiger partial charge is 0.369 e. The van der Waals surface area contributed by atoms with E-state index in [-0.39, 0.29) is 16.7 Å². The van der Waals surface area contributed by atoms with Gasteiger partial charge in [0.25, 0.3) is 0 Å². The van der Waals surface area contributed by atoms with Crippen molar-refractivity contribution >= 4 is 39.7 Å². The Kier molecular flexibility index (Phi) is 4.17. The minimum absolute atomic E-state index is 0.0484. The molecule has 0 unspecified atom stereocenters. The van der Waals surface area contributed by atoms with E-state index in [1.54, 1.807) is 19.2 Å². The van der Waals surface area contributed by atoms with Crippen LogP contribution in [-0.2, 0) is 0 Å². The molecule has 3 nitrogen and oxygen atoms in total. The smallest absolute Gasteiger partial charge is 0.200 e. The van der Waals surface area contributed by atoms with Crippen LogP contribution in [-0.4, -0.2) is 13.0 Å². The molecule has 0 radical (unpaired) electrons. The van der Waals surface area contributed by atoms with Crippen molar-refractivity contribution in [1.29, 1.82) is 0 Å². The van der Waals surface area contributed by atoms with E-state index in [2.05, 4.69) is 4.99 Å². The van der Waals surface area contributed by atoms with Crippen LogP contribution in [0.25, 0.3) is 10.8 Å². The number of halogens is 2. The Hall–Kier alpha value is -2.59. The van der Waals surface area contributed by atoms with Gasteiger partial charge < -0.3 is 10.6 Å². The van der Waals surface area contributed by atoms with Crippen molar-refractivity contribution in [3.05, 3.63) is 71.5 Å². The Morgan fingerprint density at radius 3 is 2.57 bits per heavy atom. The summed E-state index contributed by atoms with van der Waals surface area (Å²) in [4.78, 5) is 5.92. The highest BCUT2D eigenvalue weighted by Crippen LogP contribution is 2.27. The number of rotatable bonds is 2. The maximum absolute atomic E-state index is 14.1. The normalized spacial score (nSPS) is 11.7. The number of hydrogen-bond acceptors (Lipinski definition) is 1. The molecule has 3 rings (SSSR count). The highest BCUT2D eigenvalue weighted by Gasteiger charge is 2.13. The highest BCUT2D eigenvalue weighted by atomic mass is 35.5. The number of fused-ring (bicyclic) bond motifs is 1. The summed E-state index contributed by atoms with van der Waals surface area (Å²) in [5.41, 5.74) is 7.07. The Balaban J connectivity index is 2.03. The van der Waals surface area contributed by atoms with Crippen LogP contribution < -0.4 is 10.6 Å². The first-order valence-electron chi connectivity index (χ1n) is 7.07. The van der Waals surface area contributed by atoms with E-state index in [1.807, 2.05) is 42.5 Å². The maximum atomic E-state index is 14.1. The molecule has 116 valence electrons. The van der Waals surface area contributed by atoms with E-state index in [0.717, 1.165) is 16.5 Å². The van der Waals surface area contributed by atoms with Crippen LogP contribution in [0.4, 0.5) is 15.8 Å². The summed E-state index contributed by atoms with van der Waals surface area (Å²) in [5.74, 6) is -0.338. The first kappa shape index (κ1) is 15.3. The molecular weight excluding hydrogens is 313 g/mol. The van der Waals surface area contributed by atoms with Crippen LogP contribution in [0, 0.1) is 5.82 Å². The molecule has 0 saturated heterocycles. The molecule has 0 spiro atoms. The number of nitrogens with two attached hydrogens (primary N) is 1. The molecule has 0 fully saturated rings. The van der Waals surface area contributed by atoms with Gasteiger partial charge in [0.05, 0.1) is 16.4 Å². The molecule has 0 amide bonds. The maximum Gasteiger partial charge on any atom is 0.200 e. The zero-order valence-electron chi connectivity index (χ0n) is 12.5. The van der Waals surface area contributed by atoms with Crippen LogP contribution in [0.15, 0.2) is 65.7 Å². The summed E-state index contributed by atoms with van der Waals surface area (Å²) in [6.07, 6.45) is 0. The highest BCUT2D eigenvalue weighted by molar-refractivity contribution is 6.31. The second kappa shape index (κ2) is 6.26. The van der Waals surface area contributed by atoms with Gasteiger partial charge in [-0.05, 0) is 23.6 Å². The van der Waals surface area contributed by atoms with Gasteiger partial charge in [-0.15, -0.1) is 0 Å². The minimum Gasteiger partial charge on any atom is -0.369 e. The standard InChI is InChI=1S/C18H15ClFN3/c1-23(16-11-5-9-14(19)17(16)20)18(21)22-15-10-4-7-12-6-2-3-8-13(12)15/h2-11H,1H3,(H2,21,22). The lowest BCUT2D eigenvalue weighted by atomic mass is 10.1. The Morgan fingerprint density at radius 1 is 1.04 bits per heavy atom. The Labute approximate surface area is 138 Å². The summed E-state index contributed by atoms with van der Waals surface area (Å²) in [6.45, 7) is 0. The first-order chi connectivity index (χ1) is 11.1. The molecule has 0 aliphatic heterocycles. The molecule has 0 heterocycles. The molecule has 0 atom stereocenters. The lowest BCUT2D eigenvalue weighted by Gasteiger charge is -2.19. The molecule has 0 bridgehead atoms. The zero-order valence-corrected chi connectivity index (χ0v) is 13.3. The molecule has 0 aromatic heterocycles. The van der Waals surface area contributed by atoms with E-state index >= 15 is 0 Å². The number of benzene rings is 3. The summed E-state index contributed by atoms with van der Waals surface area (Å²) in [7, 11) is 1.65. The fourth-order valence-corrected chi connectivity index (χ4v) is 2.55. The van der Waals surface area contributed by atoms with Gasteiger partial charge in [0.2, 0.25) is 5.96 Å². The third-order valence-corrected chi connectivity index (χ3v) is 3.93. The number of anilines is 1. The van der Waals surface area contributed by atoms with Gasteiger partial charge in [-0.25, -0.2) is 9.38 Å². The SMILES string of the molecule is CN(C(N)=Nc1cccc2ccccc12)c1cccc(Cl)c1F. The fraction of sp³-hybridized carbons (Fsp3) is 0.0556. The quantitative estimate of drug-likeness (QED) is 0.547. The molecule has 0 aliphatic rings. The number of hydrogen-bond donors (Lipinski definition) is 1. The predicted molar refractivity (Wildman–Crippen MR) is 95.0 cm³/mol. The van der Waals surface area contributed by atoms with Crippen LogP contribution in [0.2, 0.25) is 5.02 Å². The third-order valence-electron chi connectivity index (χ3n) is 3.64. The van der Waals surface area contributed by atoms with Gasteiger partial charge in [-0.1, -0.05) is 54.1 Å². The predicted octanol–water partition coefficient (Wildman–Crippen LogP) is 4.71. The van der Waals surface area contributed by atoms with Crippen molar-refractivity contribution < 1.29 is 4.39 Å². The average molecular weight is 328 g/mol. The summed E-state index contributed by atoms with van der Waals surface area (Å²) in [5, 5.41) is 2.10. The van der Waals surface area contributed by atoms with E-state index in [1.165, 1.54) is 11.0 Å². The van der Waals surface area contributed by atoms with Gasteiger partial charge in [0.1, 0.15) is 0 Å². The lowest BCUT2D eigenvalue weighted by molar-refractivity contribution is 0.628. The fourth-order valence-electron chi connectivity index (χ4n) is 2.38. The zero-order chi connectivity index (χ0) is 16.4. The molecule has 2 N–H and O–H groups in total. The van der Waals surface area contributed by atoms with Crippen LogP contribution in [0.5, 0.6) is 0 Å². The Bertz CT molecular complexity index is 887. The molecular formula is C18H15ClFN3. The van der Waals surface area contributed by atoms with Crippen molar-refractivity contribution in [2.75, 3.05) is 11.9 Å². The summed E-state index contributed by atoms with van der Waals surface area (Å²) in [6, 6.07) is 18.4. The molecule has 0 aliphatic carbocycles. The van der Waals surface area contributed by atoms with E-state index < -0.39 is 5.82 Å². The topological polar surface area (TPSA) is 41.6 Å². The molecule has 3 aromatic rings. The summed E-state index contributed by atoms with van der Waals surface area (Å²) >= 11 is 5.82. The van der Waals surface area contributed by atoms with Gasteiger partial charge >= 0.3 is 0 Å².